The molecule has 0 bridgehead atoms. The fraction of sp³-hybridized carbons (Fsp3) is 0.571. The van der Waals surface area contributed by atoms with Gasteiger partial charge in [0.2, 0.25) is 5.95 Å². The number of hydrogen-bond acceptors (Lipinski definition) is 7. The summed E-state index contributed by atoms with van der Waals surface area (Å²) in [6.07, 6.45) is -0.0450. The van der Waals surface area contributed by atoms with Gasteiger partial charge < -0.3 is 19.6 Å². The minimum Gasteiger partial charge on any atom is -0.481 e. The van der Waals surface area contributed by atoms with Crippen molar-refractivity contribution in [3.05, 3.63) is 59.7 Å². The van der Waals surface area contributed by atoms with Crippen molar-refractivity contribution >= 4 is 18.0 Å². The average Bonchev–Trinajstić information content (AvgIpc) is 3.54. The molecule has 10 nitrogen and oxygen atoms in total. The first-order valence-corrected chi connectivity index (χ1v) is 17.1. The summed E-state index contributed by atoms with van der Waals surface area (Å²) < 4.78 is 90.3. The Morgan fingerprint density at radius 3 is 1.92 bits per heavy atom. The molecule has 0 unspecified atom stereocenters. The Balaban J connectivity index is 1.42. The largest absolute Gasteiger partial charge is 0.481 e. The smallest absolute Gasteiger partial charge is 0.416 e. The van der Waals surface area contributed by atoms with Gasteiger partial charge in [-0.25, -0.2) is 14.8 Å². The molecular formula is C35H42F6N6O4. The number of alkyl halides is 6. The monoisotopic (exact) mass is 724 g/mol. The SMILES string of the molecule is CC[C@@H]1C[C@H](N(Cc2cc(C(F)(F)F)cc(C(F)(F)F)c2)c2ncc(-c3cnn(C)c3)cn2)C[C@H](CC)N1C(=O)OC[C@H]1CC[C@H](C(=O)O)CC1. The minimum absolute atomic E-state index is 0.0542. The van der Waals surface area contributed by atoms with Gasteiger partial charge in [0.1, 0.15) is 0 Å². The first kappa shape index (κ1) is 37.9. The number of amides is 1. The van der Waals surface area contributed by atoms with Crippen LogP contribution in [0.4, 0.5) is 37.1 Å². The van der Waals surface area contributed by atoms with Crippen LogP contribution in [0.25, 0.3) is 11.1 Å². The highest BCUT2D eigenvalue weighted by Crippen LogP contribution is 2.39. The van der Waals surface area contributed by atoms with Crippen molar-refractivity contribution in [3.8, 4) is 11.1 Å². The summed E-state index contributed by atoms with van der Waals surface area (Å²) in [4.78, 5) is 37.3. The van der Waals surface area contributed by atoms with E-state index in [4.69, 9.17) is 4.74 Å². The van der Waals surface area contributed by atoms with E-state index in [9.17, 15) is 41.0 Å². The van der Waals surface area contributed by atoms with Gasteiger partial charge in [-0.15, -0.1) is 0 Å². The first-order chi connectivity index (χ1) is 24.1. The van der Waals surface area contributed by atoms with Crippen LogP contribution in [0.3, 0.4) is 0 Å². The number of aryl methyl sites for hydroxylation is 1. The maximum Gasteiger partial charge on any atom is 0.416 e. The lowest BCUT2D eigenvalue weighted by Crippen LogP contribution is -2.57. The van der Waals surface area contributed by atoms with E-state index < -0.39 is 41.6 Å². The second-order valence-electron chi connectivity index (χ2n) is 13.5. The lowest BCUT2D eigenvalue weighted by atomic mass is 9.82. The van der Waals surface area contributed by atoms with Gasteiger partial charge >= 0.3 is 24.4 Å². The van der Waals surface area contributed by atoms with E-state index in [2.05, 4.69) is 15.1 Å². The Kier molecular flexibility index (Phi) is 11.5. The zero-order valence-electron chi connectivity index (χ0n) is 28.6. The van der Waals surface area contributed by atoms with E-state index in [1.54, 1.807) is 33.9 Å². The van der Waals surface area contributed by atoms with Gasteiger partial charge in [-0.2, -0.15) is 31.4 Å². The van der Waals surface area contributed by atoms with Crippen LogP contribution >= 0.6 is 0 Å². The number of ether oxygens (including phenoxy) is 1. The van der Waals surface area contributed by atoms with Crippen molar-refractivity contribution in [1.82, 2.24) is 24.6 Å². The number of carbonyl (C=O) groups is 2. The Hall–Kier alpha value is -4.37. The first-order valence-electron chi connectivity index (χ1n) is 17.1. The molecule has 1 amide bonds. The Labute approximate surface area is 291 Å². The number of carboxylic acids is 1. The summed E-state index contributed by atoms with van der Waals surface area (Å²) in [7, 11) is 1.74. The van der Waals surface area contributed by atoms with Crippen molar-refractivity contribution in [1.29, 1.82) is 0 Å². The number of anilines is 1. The van der Waals surface area contributed by atoms with Gasteiger partial charge in [0.25, 0.3) is 0 Å². The van der Waals surface area contributed by atoms with E-state index in [-0.39, 0.29) is 54.6 Å². The van der Waals surface area contributed by atoms with E-state index >= 15 is 0 Å². The third-order valence-electron chi connectivity index (χ3n) is 10.0. The normalized spacial score (nSPS) is 22.8. The fourth-order valence-electron chi connectivity index (χ4n) is 7.23. The third-order valence-corrected chi connectivity index (χ3v) is 10.0. The molecule has 1 saturated carbocycles. The van der Waals surface area contributed by atoms with E-state index in [0.717, 1.165) is 17.7 Å². The predicted molar refractivity (Wildman–Crippen MR) is 174 cm³/mol. The zero-order chi connectivity index (χ0) is 37.1. The van der Waals surface area contributed by atoms with Crippen LogP contribution in [0, 0.1) is 11.8 Å². The number of halogens is 6. The second kappa shape index (κ2) is 15.5. The van der Waals surface area contributed by atoms with Crippen molar-refractivity contribution < 1.29 is 45.8 Å². The van der Waals surface area contributed by atoms with Crippen molar-refractivity contribution in [2.45, 2.75) is 102 Å². The number of aliphatic carboxylic acids is 1. The fourth-order valence-corrected chi connectivity index (χ4v) is 7.23. The number of rotatable bonds is 10. The number of piperidine rings is 1. The maximum atomic E-state index is 13.8. The molecule has 278 valence electrons. The minimum atomic E-state index is -5.01. The highest BCUT2D eigenvalue weighted by molar-refractivity contribution is 5.70. The maximum absolute atomic E-state index is 13.8. The van der Waals surface area contributed by atoms with Crippen LogP contribution in [0.5, 0.6) is 0 Å². The molecule has 2 aliphatic rings. The van der Waals surface area contributed by atoms with Crippen LogP contribution in [-0.2, 0) is 35.5 Å². The molecule has 1 aliphatic carbocycles. The van der Waals surface area contributed by atoms with Crippen LogP contribution in [-0.4, -0.2) is 66.5 Å². The molecule has 5 rings (SSSR count). The molecule has 51 heavy (non-hydrogen) atoms. The summed E-state index contributed by atoms with van der Waals surface area (Å²) in [5, 5.41) is 13.4. The molecule has 1 aromatic carbocycles. The number of carbonyl (C=O) groups excluding carboxylic acids is 1. The number of likely N-dealkylation sites (tertiary alicyclic amines) is 1. The van der Waals surface area contributed by atoms with Crippen LogP contribution in [0.15, 0.2) is 43.0 Å². The summed E-state index contributed by atoms with van der Waals surface area (Å²) in [6, 6.07) is 0.383. The lowest BCUT2D eigenvalue weighted by molar-refractivity contribution is -0.144. The Morgan fingerprint density at radius 2 is 1.45 bits per heavy atom. The lowest BCUT2D eigenvalue weighted by Gasteiger charge is -2.47. The topological polar surface area (TPSA) is 114 Å². The Bertz CT molecular complexity index is 1610. The molecule has 16 heteroatoms. The molecule has 0 radical (unpaired) electrons. The summed E-state index contributed by atoms with van der Waals surface area (Å²) in [5.74, 6) is -1.03. The van der Waals surface area contributed by atoms with Gasteiger partial charge in [0.05, 0.1) is 29.8 Å². The van der Waals surface area contributed by atoms with Gasteiger partial charge in [-0.3, -0.25) is 9.48 Å². The van der Waals surface area contributed by atoms with E-state index in [1.807, 2.05) is 13.8 Å². The summed E-state index contributed by atoms with van der Waals surface area (Å²) in [5.41, 5.74) is -1.68. The molecule has 0 spiro atoms. The molecule has 1 N–H and O–H groups in total. The highest BCUT2D eigenvalue weighted by atomic mass is 19.4. The van der Waals surface area contributed by atoms with Crippen molar-refractivity contribution in [3.63, 3.8) is 0 Å². The van der Waals surface area contributed by atoms with Gasteiger partial charge in [-0.1, -0.05) is 13.8 Å². The number of hydrogen-bond donors (Lipinski definition) is 1. The zero-order valence-corrected chi connectivity index (χ0v) is 28.6. The molecule has 3 atom stereocenters. The molecule has 3 aromatic rings. The summed E-state index contributed by atoms with van der Waals surface area (Å²) in [6.45, 7) is 3.62. The molecular weight excluding hydrogens is 682 g/mol. The van der Waals surface area contributed by atoms with Crippen LogP contribution in [0.1, 0.15) is 81.9 Å². The third kappa shape index (κ3) is 9.11. The van der Waals surface area contributed by atoms with Crippen molar-refractivity contribution in [2.75, 3.05) is 11.5 Å². The highest BCUT2D eigenvalue weighted by Gasteiger charge is 2.42. The molecule has 1 saturated heterocycles. The number of aromatic nitrogens is 4. The molecule has 2 aromatic heterocycles. The number of benzene rings is 1. The van der Waals surface area contributed by atoms with E-state index in [1.165, 1.54) is 12.4 Å². The van der Waals surface area contributed by atoms with Crippen molar-refractivity contribution in [2.24, 2.45) is 18.9 Å². The number of carboxylic acid groups (broad SMARTS) is 1. The van der Waals surface area contributed by atoms with Gasteiger partial charge in [-0.05, 0) is 81.0 Å². The summed E-state index contributed by atoms with van der Waals surface area (Å²) >= 11 is 0. The Morgan fingerprint density at radius 1 is 0.882 bits per heavy atom. The van der Waals surface area contributed by atoms with Crippen LogP contribution in [0.2, 0.25) is 0 Å². The van der Waals surface area contributed by atoms with Gasteiger partial charge in [0.15, 0.2) is 0 Å². The quantitative estimate of drug-likeness (QED) is 0.210. The standard InChI is InChI=1S/C35H42F6N6O4/c1-4-28-13-30(14-29(5-2)47(28)33(50)51-20-21-6-8-23(9-7-21)31(48)49)46(32-42-15-24(16-43-32)25-17-44-45(3)19-25)18-22-10-26(34(36,37)38)12-27(11-22)35(39,40)41/h10-12,15-17,19,21,23,28-30H,4-9,13-14,18,20H2,1-3H3,(H,48,49)/t21-,23-,28-,29+,30+. The molecule has 2 fully saturated rings. The predicted octanol–water partition coefficient (Wildman–Crippen LogP) is 7.97. The second-order valence-corrected chi connectivity index (χ2v) is 13.5. The molecule has 3 heterocycles. The number of nitrogens with zero attached hydrogens (tertiary/aromatic N) is 6. The van der Waals surface area contributed by atoms with E-state index in [0.29, 0.717) is 56.9 Å². The van der Waals surface area contributed by atoms with Gasteiger partial charge in [0, 0.05) is 61.4 Å². The van der Waals surface area contributed by atoms with Crippen LogP contribution < -0.4 is 4.90 Å². The average molecular weight is 725 g/mol. The molecule has 1 aliphatic heterocycles.